The van der Waals surface area contributed by atoms with Gasteiger partial charge >= 0.3 is 0 Å². The maximum Gasteiger partial charge on any atom is 0.103 e. The average Bonchev–Trinajstić information content (AvgIpc) is 2.38. The highest BCUT2D eigenvalue weighted by Crippen LogP contribution is 2.28. The van der Waals surface area contributed by atoms with Gasteiger partial charge in [-0.3, -0.25) is 0 Å². The number of hydrogen-bond acceptors (Lipinski definition) is 3. The van der Waals surface area contributed by atoms with Crippen molar-refractivity contribution in [3.05, 3.63) is 28.2 Å². The molecule has 1 aromatic rings. The lowest BCUT2D eigenvalue weighted by molar-refractivity contribution is 0.0384. The number of morpholine rings is 1. The largest absolute Gasteiger partial charge is 0.375 e. The molecular weight excluding hydrogens is 280 g/mol. The Morgan fingerprint density at radius 1 is 1.59 bits per heavy atom. The zero-order valence-corrected chi connectivity index (χ0v) is 11.4. The summed E-state index contributed by atoms with van der Waals surface area (Å²) in [5.41, 5.74) is 1.72. The van der Waals surface area contributed by atoms with Gasteiger partial charge in [-0.05, 0) is 34.5 Å². The number of rotatable bonds is 2. The Kier molecular flexibility index (Phi) is 4.03. The van der Waals surface area contributed by atoms with Crippen molar-refractivity contribution in [2.75, 3.05) is 24.6 Å². The molecule has 1 unspecified atom stereocenters. The monoisotopic (exact) mass is 294 g/mol. The van der Waals surface area contributed by atoms with Crippen LogP contribution in [0.2, 0.25) is 0 Å². The number of nitrogens with zero attached hydrogens (tertiary/aromatic N) is 2. The third-order valence-electron chi connectivity index (χ3n) is 3.04. The van der Waals surface area contributed by atoms with Crippen molar-refractivity contribution in [3.63, 3.8) is 0 Å². The molecule has 0 aromatic heterocycles. The molecule has 1 saturated heterocycles. The number of hydrogen-bond donors (Lipinski definition) is 0. The molecule has 0 amide bonds. The van der Waals surface area contributed by atoms with Gasteiger partial charge in [-0.25, -0.2) is 0 Å². The van der Waals surface area contributed by atoms with Gasteiger partial charge in [0.15, 0.2) is 0 Å². The van der Waals surface area contributed by atoms with Gasteiger partial charge in [0.05, 0.1) is 24.0 Å². The molecule has 0 spiro atoms. The molecule has 1 atom stereocenters. The molecule has 0 N–H and O–H groups in total. The minimum absolute atomic E-state index is 0.272. The summed E-state index contributed by atoms with van der Waals surface area (Å²) < 4.78 is 6.50. The summed E-state index contributed by atoms with van der Waals surface area (Å²) in [6.07, 6.45) is 1.28. The lowest BCUT2D eigenvalue weighted by atomic mass is 10.1. The fourth-order valence-corrected chi connectivity index (χ4v) is 2.52. The zero-order chi connectivity index (χ0) is 12.3. The topological polar surface area (TPSA) is 36.3 Å². The van der Waals surface area contributed by atoms with Crippen LogP contribution in [-0.2, 0) is 4.74 Å². The Hall–Kier alpha value is -1.05. The van der Waals surface area contributed by atoms with Crippen LogP contribution < -0.4 is 4.90 Å². The first kappa shape index (κ1) is 12.4. The minimum atomic E-state index is 0.272. The van der Waals surface area contributed by atoms with Gasteiger partial charge in [-0.1, -0.05) is 13.0 Å². The summed E-state index contributed by atoms with van der Waals surface area (Å²) in [4.78, 5) is 2.24. The molecule has 17 heavy (non-hydrogen) atoms. The lowest BCUT2D eigenvalue weighted by Gasteiger charge is -2.34. The van der Waals surface area contributed by atoms with E-state index in [0.29, 0.717) is 5.56 Å². The third kappa shape index (κ3) is 2.62. The Bertz CT molecular complexity index is 442. The smallest absolute Gasteiger partial charge is 0.103 e. The predicted molar refractivity (Wildman–Crippen MR) is 71.1 cm³/mol. The molecule has 1 aliphatic heterocycles. The molecule has 4 heteroatoms. The Labute approximate surface area is 110 Å². The van der Waals surface area contributed by atoms with E-state index in [9.17, 15) is 5.26 Å². The second-order valence-corrected chi connectivity index (χ2v) is 4.95. The molecule has 2 rings (SSSR count). The first-order valence-corrected chi connectivity index (χ1v) is 6.60. The number of benzene rings is 1. The molecule has 90 valence electrons. The van der Waals surface area contributed by atoms with E-state index in [1.807, 2.05) is 18.2 Å². The molecule has 1 aliphatic rings. The van der Waals surface area contributed by atoms with Crippen molar-refractivity contribution in [1.29, 1.82) is 5.26 Å². The summed E-state index contributed by atoms with van der Waals surface area (Å²) in [6, 6.07) is 8.14. The van der Waals surface area contributed by atoms with Gasteiger partial charge in [0.2, 0.25) is 0 Å². The lowest BCUT2D eigenvalue weighted by Crippen LogP contribution is -2.42. The maximum absolute atomic E-state index is 9.22. The Morgan fingerprint density at radius 3 is 3.12 bits per heavy atom. The van der Waals surface area contributed by atoms with Gasteiger partial charge < -0.3 is 9.64 Å². The van der Waals surface area contributed by atoms with Crippen LogP contribution in [0.15, 0.2) is 22.7 Å². The SMILES string of the molecule is CCC1CN(c2cccc(Br)c2C#N)CCO1. The van der Waals surface area contributed by atoms with Gasteiger partial charge in [-0.2, -0.15) is 5.26 Å². The predicted octanol–water partition coefficient (Wildman–Crippen LogP) is 2.94. The number of nitriles is 1. The van der Waals surface area contributed by atoms with Crippen LogP contribution in [0, 0.1) is 11.3 Å². The van der Waals surface area contributed by atoms with Gasteiger partial charge in [0.25, 0.3) is 0 Å². The molecule has 0 aliphatic carbocycles. The van der Waals surface area contributed by atoms with Crippen LogP contribution in [-0.4, -0.2) is 25.8 Å². The highest BCUT2D eigenvalue weighted by molar-refractivity contribution is 9.10. The van der Waals surface area contributed by atoms with E-state index in [0.717, 1.165) is 36.3 Å². The van der Waals surface area contributed by atoms with Crippen LogP contribution in [0.3, 0.4) is 0 Å². The molecule has 0 bridgehead atoms. The van der Waals surface area contributed by atoms with Gasteiger partial charge in [0, 0.05) is 17.6 Å². The van der Waals surface area contributed by atoms with Crippen LogP contribution in [0.25, 0.3) is 0 Å². The molecule has 0 radical (unpaired) electrons. The van der Waals surface area contributed by atoms with Crippen molar-refractivity contribution in [2.24, 2.45) is 0 Å². The second kappa shape index (κ2) is 5.52. The summed E-state index contributed by atoms with van der Waals surface area (Å²) in [6.45, 7) is 4.57. The highest BCUT2D eigenvalue weighted by atomic mass is 79.9. The standard InChI is InChI=1S/C13H15BrN2O/c1-2-10-9-16(6-7-17-10)13-5-3-4-12(14)11(13)8-15/h3-5,10H,2,6-7,9H2,1H3. The molecule has 3 nitrogen and oxygen atoms in total. The maximum atomic E-state index is 9.22. The number of anilines is 1. The first-order valence-electron chi connectivity index (χ1n) is 5.81. The van der Waals surface area contributed by atoms with Crippen molar-refractivity contribution in [3.8, 4) is 6.07 Å². The Morgan fingerprint density at radius 2 is 2.41 bits per heavy atom. The molecule has 1 aromatic carbocycles. The fraction of sp³-hybridized carbons (Fsp3) is 0.462. The van der Waals surface area contributed by atoms with E-state index in [2.05, 4.69) is 33.8 Å². The van der Waals surface area contributed by atoms with Crippen LogP contribution >= 0.6 is 15.9 Å². The van der Waals surface area contributed by atoms with E-state index >= 15 is 0 Å². The van der Waals surface area contributed by atoms with E-state index in [1.54, 1.807) is 0 Å². The molecule has 1 heterocycles. The molecule has 1 fully saturated rings. The van der Waals surface area contributed by atoms with Crippen LogP contribution in [0.5, 0.6) is 0 Å². The van der Waals surface area contributed by atoms with Crippen molar-refractivity contribution in [1.82, 2.24) is 0 Å². The normalized spacial score (nSPS) is 20.1. The van der Waals surface area contributed by atoms with Gasteiger partial charge in [-0.15, -0.1) is 0 Å². The second-order valence-electron chi connectivity index (χ2n) is 4.09. The van der Waals surface area contributed by atoms with E-state index < -0.39 is 0 Å². The summed E-state index contributed by atoms with van der Waals surface area (Å²) in [5.74, 6) is 0. The third-order valence-corrected chi connectivity index (χ3v) is 3.70. The highest BCUT2D eigenvalue weighted by Gasteiger charge is 2.21. The molecule has 0 saturated carbocycles. The van der Waals surface area contributed by atoms with Crippen molar-refractivity contribution in [2.45, 2.75) is 19.4 Å². The number of halogens is 1. The Balaban J connectivity index is 2.28. The van der Waals surface area contributed by atoms with E-state index in [4.69, 9.17) is 4.74 Å². The fourth-order valence-electron chi connectivity index (χ4n) is 2.07. The summed E-state index contributed by atoms with van der Waals surface area (Å²) in [5, 5.41) is 9.22. The molecular formula is C13H15BrN2O. The van der Waals surface area contributed by atoms with Crippen molar-refractivity contribution >= 4 is 21.6 Å². The first-order chi connectivity index (χ1) is 8.26. The zero-order valence-electron chi connectivity index (χ0n) is 9.82. The van der Waals surface area contributed by atoms with E-state index in [-0.39, 0.29) is 6.10 Å². The minimum Gasteiger partial charge on any atom is -0.375 e. The van der Waals surface area contributed by atoms with Crippen LogP contribution in [0.1, 0.15) is 18.9 Å². The van der Waals surface area contributed by atoms with E-state index in [1.165, 1.54) is 0 Å². The summed E-state index contributed by atoms with van der Waals surface area (Å²) >= 11 is 3.43. The quantitative estimate of drug-likeness (QED) is 0.841. The summed E-state index contributed by atoms with van der Waals surface area (Å²) in [7, 11) is 0. The number of ether oxygens (including phenoxy) is 1. The van der Waals surface area contributed by atoms with Crippen LogP contribution in [0.4, 0.5) is 5.69 Å². The van der Waals surface area contributed by atoms with Crippen molar-refractivity contribution < 1.29 is 4.74 Å². The van der Waals surface area contributed by atoms with Gasteiger partial charge in [0.1, 0.15) is 6.07 Å². The average molecular weight is 295 g/mol.